The average Bonchev–Trinajstić information content (AvgIpc) is 2.77. The van der Waals surface area contributed by atoms with Gasteiger partial charge in [0.05, 0.1) is 19.1 Å². The van der Waals surface area contributed by atoms with Crippen molar-refractivity contribution in [2.45, 2.75) is 31.8 Å². The Kier molecular flexibility index (Phi) is 5.39. The van der Waals surface area contributed by atoms with E-state index in [1.165, 1.54) is 0 Å². The molecule has 0 spiro atoms. The van der Waals surface area contributed by atoms with Crippen LogP contribution in [0, 0.1) is 11.3 Å². The Balaban J connectivity index is 2.61. The van der Waals surface area contributed by atoms with Crippen LogP contribution in [0.3, 0.4) is 0 Å². The van der Waals surface area contributed by atoms with Crippen LogP contribution in [0.15, 0.2) is 0 Å². The highest BCUT2D eigenvalue weighted by Gasteiger charge is 2.40. The van der Waals surface area contributed by atoms with Gasteiger partial charge in [-0.25, -0.2) is 0 Å². The molecule has 1 fully saturated rings. The lowest BCUT2D eigenvalue weighted by atomic mass is 10.0. The van der Waals surface area contributed by atoms with Gasteiger partial charge in [-0.3, -0.25) is 4.79 Å². The van der Waals surface area contributed by atoms with Gasteiger partial charge in [0.1, 0.15) is 5.60 Å². The van der Waals surface area contributed by atoms with Crippen LogP contribution in [0.4, 0.5) is 0 Å². The number of methoxy groups -OCH3 is 1. The second-order valence-electron chi connectivity index (χ2n) is 4.38. The maximum atomic E-state index is 12.3. The number of carbonyl (C=O) groups excluding carboxylic acids is 1. The van der Waals surface area contributed by atoms with E-state index in [9.17, 15) is 4.79 Å². The van der Waals surface area contributed by atoms with Gasteiger partial charge < -0.3 is 14.4 Å². The zero-order valence-corrected chi connectivity index (χ0v) is 10.6. The molecule has 0 bridgehead atoms. The van der Waals surface area contributed by atoms with Gasteiger partial charge in [-0.2, -0.15) is 5.26 Å². The summed E-state index contributed by atoms with van der Waals surface area (Å²) < 4.78 is 10.5. The summed E-state index contributed by atoms with van der Waals surface area (Å²) in [4.78, 5) is 14.0. The molecule has 17 heavy (non-hydrogen) atoms. The molecule has 0 aliphatic carbocycles. The van der Waals surface area contributed by atoms with Gasteiger partial charge >= 0.3 is 0 Å². The molecule has 1 aliphatic heterocycles. The molecule has 0 aromatic rings. The minimum Gasteiger partial charge on any atom is -0.383 e. The second kappa shape index (κ2) is 6.58. The molecule has 96 valence electrons. The molecule has 1 aliphatic rings. The molecule has 5 heteroatoms. The number of hydrogen-bond acceptors (Lipinski definition) is 4. The normalized spacial score (nSPS) is 23.4. The Labute approximate surface area is 102 Å². The summed E-state index contributed by atoms with van der Waals surface area (Å²) in [6, 6.07) is 2.06. The minimum atomic E-state index is -0.705. The first kappa shape index (κ1) is 13.9. The number of nitriles is 1. The van der Waals surface area contributed by atoms with E-state index >= 15 is 0 Å². The monoisotopic (exact) mass is 240 g/mol. The molecule has 1 unspecified atom stereocenters. The topological polar surface area (TPSA) is 62.6 Å². The lowest BCUT2D eigenvalue weighted by molar-refractivity contribution is -0.151. The number of amides is 1. The Hall–Kier alpha value is -1.12. The number of hydrogen-bond donors (Lipinski definition) is 0. The predicted octanol–water partition coefficient (Wildman–Crippen LogP) is 0.944. The van der Waals surface area contributed by atoms with E-state index < -0.39 is 5.60 Å². The Bertz CT molecular complexity index is 293. The summed E-state index contributed by atoms with van der Waals surface area (Å²) in [5, 5.41) is 8.60. The molecule has 1 heterocycles. The fourth-order valence-electron chi connectivity index (χ4n) is 1.98. The quantitative estimate of drug-likeness (QED) is 0.693. The molecule has 0 radical (unpaired) electrons. The van der Waals surface area contributed by atoms with E-state index in [4.69, 9.17) is 14.7 Å². The fourth-order valence-corrected chi connectivity index (χ4v) is 1.98. The third-order valence-corrected chi connectivity index (χ3v) is 3.02. The van der Waals surface area contributed by atoms with Crippen LogP contribution >= 0.6 is 0 Å². The summed E-state index contributed by atoms with van der Waals surface area (Å²) in [7, 11) is 1.60. The predicted molar refractivity (Wildman–Crippen MR) is 62.3 cm³/mol. The summed E-state index contributed by atoms with van der Waals surface area (Å²) in [5.74, 6) is -0.0256. The van der Waals surface area contributed by atoms with Crippen LogP contribution in [0.25, 0.3) is 0 Å². The maximum Gasteiger partial charge on any atom is 0.254 e. The van der Waals surface area contributed by atoms with Crippen LogP contribution in [0.5, 0.6) is 0 Å². The molecule has 0 aromatic carbocycles. The first-order chi connectivity index (χ1) is 8.14. The van der Waals surface area contributed by atoms with Crippen molar-refractivity contribution in [2.75, 3.05) is 33.4 Å². The van der Waals surface area contributed by atoms with E-state index in [2.05, 4.69) is 6.07 Å². The lowest BCUT2D eigenvalue weighted by Crippen LogP contribution is -2.48. The molecule has 1 atom stereocenters. The smallest absolute Gasteiger partial charge is 0.254 e. The number of rotatable bonds is 6. The van der Waals surface area contributed by atoms with Gasteiger partial charge in [-0.1, -0.05) is 0 Å². The van der Waals surface area contributed by atoms with Gasteiger partial charge in [0, 0.05) is 26.8 Å². The molecule has 1 rings (SSSR count). The van der Waals surface area contributed by atoms with Crippen molar-refractivity contribution < 1.29 is 14.3 Å². The van der Waals surface area contributed by atoms with Crippen molar-refractivity contribution in [3.05, 3.63) is 0 Å². The highest BCUT2D eigenvalue weighted by Crippen LogP contribution is 2.27. The molecule has 5 nitrogen and oxygen atoms in total. The maximum absolute atomic E-state index is 12.3. The first-order valence-corrected chi connectivity index (χ1v) is 5.93. The van der Waals surface area contributed by atoms with Gasteiger partial charge in [-0.15, -0.1) is 0 Å². The summed E-state index contributed by atoms with van der Waals surface area (Å²) >= 11 is 0. The fraction of sp³-hybridized carbons (Fsp3) is 0.833. The van der Waals surface area contributed by atoms with Crippen molar-refractivity contribution in [2.24, 2.45) is 0 Å². The highest BCUT2D eigenvalue weighted by molar-refractivity contribution is 5.85. The Morgan fingerprint density at radius 3 is 2.88 bits per heavy atom. The van der Waals surface area contributed by atoms with E-state index in [-0.39, 0.29) is 5.91 Å². The summed E-state index contributed by atoms with van der Waals surface area (Å²) in [6.07, 6.45) is 2.01. The molecule has 0 N–H and O–H groups in total. The summed E-state index contributed by atoms with van der Waals surface area (Å²) in [6.45, 7) is 3.90. The van der Waals surface area contributed by atoms with Crippen molar-refractivity contribution >= 4 is 5.91 Å². The molecular formula is C12H20N2O3. The molecule has 0 saturated carbocycles. The van der Waals surface area contributed by atoms with E-state index in [0.717, 1.165) is 12.8 Å². The molecule has 1 amide bonds. The zero-order valence-electron chi connectivity index (χ0n) is 10.6. The molecule has 1 saturated heterocycles. The number of ether oxygens (including phenoxy) is 2. The van der Waals surface area contributed by atoms with Crippen molar-refractivity contribution in [3.63, 3.8) is 0 Å². The number of nitrogens with zero attached hydrogens (tertiary/aromatic N) is 2. The Morgan fingerprint density at radius 1 is 1.59 bits per heavy atom. The SMILES string of the molecule is COCCN(CCC#N)C(=O)C1(C)CCCO1. The van der Waals surface area contributed by atoms with Gasteiger partial charge in [0.2, 0.25) is 0 Å². The van der Waals surface area contributed by atoms with Crippen LogP contribution in [0.2, 0.25) is 0 Å². The lowest BCUT2D eigenvalue weighted by Gasteiger charge is -2.30. The molecule has 0 aromatic heterocycles. The first-order valence-electron chi connectivity index (χ1n) is 5.93. The Morgan fingerprint density at radius 2 is 2.35 bits per heavy atom. The summed E-state index contributed by atoms with van der Waals surface area (Å²) in [5.41, 5.74) is -0.705. The number of carbonyl (C=O) groups is 1. The average molecular weight is 240 g/mol. The third-order valence-electron chi connectivity index (χ3n) is 3.02. The van der Waals surface area contributed by atoms with Crippen molar-refractivity contribution in [1.29, 1.82) is 5.26 Å². The minimum absolute atomic E-state index is 0.0256. The van der Waals surface area contributed by atoms with Crippen LogP contribution in [-0.2, 0) is 14.3 Å². The van der Waals surface area contributed by atoms with E-state index in [1.54, 1.807) is 12.0 Å². The van der Waals surface area contributed by atoms with Crippen LogP contribution in [0.1, 0.15) is 26.2 Å². The van der Waals surface area contributed by atoms with Crippen LogP contribution in [-0.4, -0.2) is 49.8 Å². The third kappa shape index (κ3) is 3.69. The zero-order chi connectivity index (χ0) is 12.7. The van der Waals surface area contributed by atoms with Crippen molar-refractivity contribution in [1.82, 2.24) is 4.90 Å². The van der Waals surface area contributed by atoms with Gasteiger partial charge in [-0.05, 0) is 19.8 Å². The van der Waals surface area contributed by atoms with Crippen LogP contribution < -0.4 is 0 Å². The largest absolute Gasteiger partial charge is 0.383 e. The highest BCUT2D eigenvalue weighted by atomic mass is 16.5. The molecular weight excluding hydrogens is 220 g/mol. The van der Waals surface area contributed by atoms with E-state index in [1.807, 2.05) is 6.92 Å². The van der Waals surface area contributed by atoms with E-state index in [0.29, 0.717) is 32.7 Å². The van der Waals surface area contributed by atoms with Gasteiger partial charge in [0.15, 0.2) is 0 Å². The van der Waals surface area contributed by atoms with Crippen molar-refractivity contribution in [3.8, 4) is 6.07 Å². The second-order valence-corrected chi connectivity index (χ2v) is 4.38. The standard InChI is InChI=1S/C12H20N2O3/c1-12(5-3-9-17-12)11(15)14(7-4-6-13)8-10-16-2/h3-5,7-10H2,1-2H3. The van der Waals surface area contributed by atoms with Gasteiger partial charge in [0.25, 0.3) is 5.91 Å².